The number of nitrogens with zero attached hydrogens (tertiary/aromatic N) is 1. The molecule has 7 nitrogen and oxygen atoms in total. The maximum atomic E-state index is 15.1. The average Bonchev–Trinajstić information content (AvgIpc) is 2.71. The highest BCUT2D eigenvalue weighted by molar-refractivity contribution is 6.32. The first-order valence-electron chi connectivity index (χ1n) is 10.7. The van der Waals surface area contributed by atoms with E-state index in [1.807, 2.05) is 6.92 Å². The molecule has 0 aliphatic carbocycles. The molecule has 0 aromatic heterocycles. The normalized spacial score (nSPS) is 16.4. The van der Waals surface area contributed by atoms with Crippen molar-refractivity contribution in [3.05, 3.63) is 28.8 Å². The van der Waals surface area contributed by atoms with Gasteiger partial charge in [-0.25, -0.2) is 4.79 Å². The molecule has 0 radical (unpaired) electrons. The third kappa shape index (κ3) is 6.93. The third-order valence-electron chi connectivity index (χ3n) is 4.96. The van der Waals surface area contributed by atoms with Crippen molar-refractivity contribution in [1.82, 2.24) is 10.2 Å². The molecule has 1 aromatic carbocycles. The van der Waals surface area contributed by atoms with Crippen molar-refractivity contribution in [2.24, 2.45) is 5.73 Å². The molecule has 1 saturated heterocycles. The minimum Gasteiger partial charge on any atom is -0.492 e. The molecule has 1 heterocycles. The van der Waals surface area contributed by atoms with Crippen molar-refractivity contribution >= 4 is 23.6 Å². The van der Waals surface area contributed by atoms with Gasteiger partial charge in [-0.15, -0.1) is 0 Å². The molecule has 0 bridgehead atoms. The Labute approximate surface area is 192 Å². The number of ether oxygens (including phenoxy) is 2. The molecule has 2 amide bonds. The van der Waals surface area contributed by atoms with Gasteiger partial charge in [0.25, 0.3) is 5.92 Å². The number of hydrogen-bond acceptors (Lipinski definition) is 5. The molecule has 1 aliphatic rings. The molecular formula is C22H32ClF2N3O4. The molecule has 1 unspecified atom stereocenters. The smallest absolute Gasteiger partial charge is 0.407 e. The van der Waals surface area contributed by atoms with Crippen molar-refractivity contribution in [2.45, 2.75) is 70.6 Å². The second-order valence-corrected chi connectivity index (χ2v) is 9.25. The molecule has 2 rings (SSSR count). The summed E-state index contributed by atoms with van der Waals surface area (Å²) in [5, 5.41) is 2.95. The minimum atomic E-state index is -3.61. The number of rotatable bonds is 7. The predicted molar refractivity (Wildman–Crippen MR) is 118 cm³/mol. The van der Waals surface area contributed by atoms with E-state index in [-0.39, 0.29) is 29.9 Å². The zero-order valence-corrected chi connectivity index (χ0v) is 19.7. The van der Waals surface area contributed by atoms with Gasteiger partial charge in [-0.05, 0) is 52.2 Å². The molecule has 1 aromatic rings. The van der Waals surface area contributed by atoms with Crippen LogP contribution in [0.15, 0.2) is 18.2 Å². The summed E-state index contributed by atoms with van der Waals surface area (Å²) in [7, 11) is 0. The van der Waals surface area contributed by atoms with Crippen LogP contribution >= 0.6 is 11.6 Å². The summed E-state index contributed by atoms with van der Waals surface area (Å²) < 4.78 is 40.7. The van der Waals surface area contributed by atoms with Gasteiger partial charge in [0, 0.05) is 24.7 Å². The molecule has 1 atom stereocenters. The van der Waals surface area contributed by atoms with Gasteiger partial charge >= 0.3 is 6.09 Å². The lowest BCUT2D eigenvalue weighted by Crippen LogP contribution is -2.55. The quantitative estimate of drug-likeness (QED) is 0.620. The number of amides is 2. The fourth-order valence-electron chi connectivity index (χ4n) is 3.28. The predicted octanol–water partition coefficient (Wildman–Crippen LogP) is 4.06. The summed E-state index contributed by atoms with van der Waals surface area (Å²) in [6.45, 7) is 7.89. The summed E-state index contributed by atoms with van der Waals surface area (Å²) in [6.07, 6.45) is 0.973. The summed E-state index contributed by atoms with van der Waals surface area (Å²) in [5.41, 5.74) is 4.67. The van der Waals surface area contributed by atoms with Crippen LogP contribution in [-0.4, -0.2) is 54.3 Å². The summed E-state index contributed by atoms with van der Waals surface area (Å²) in [6, 6.07) is 1.31. The fraction of sp³-hybridized carbons (Fsp3) is 0.636. The van der Waals surface area contributed by atoms with Gasteiger partial charge < -0.3 is 25.4 Å². The standard InChI is InChI=1S/C22H32ClF2N3O4/c1-5-12-31-17-13-14(6-7-16(17)23)22(24,25)18(26)19(29)28-10-8-15(9-11-28)27-20(30)32-21(2,3)4/h6-7,13,15,18H,5,8-12,26H2,1-4H3,(H,27,30). The Morgan fingerprint density at radius 2 is 1.91 bits per heavy atom. The monoisotopic (exact) mass is 475 g/mol. The van der Waals surface area contributed by atoms with Crippen LogP contribution in [0.4, 0.5) is 13.6 Å². The Kier molecular flexibility index (Phi) is 8.70. The van der Waals surface area contributed by atoms with E-state index in [1.54, 1.807) is 20.8 Å². The summed E-state index contributed by atoms with van der Waals surface area (Å²) in [5.74, 6) is -4.34. The zero-order valence-electron chi connectivity index (χ0n) is 18.9. The molecule has 3 N–H and O–H groups in total. The number of hydrogen-bond donors (Lipinski definition) is 2. The number of halogens is 3. The number of alkyl carbamates (subject to hydrolysis) is 1. The first-order valence-corrected chi connectivity index (χ1v) is 11.1. The van der Waals surface area contributed by atoms with Crippen LogP contribution in [0.2, 0.25) is 5.02 Å². The Balaban J connectivity index is 1.99. The highest BCUT2D eigenvalue weighted by Crippen LogP contribution is 2.36. The largest absolute Gasteiger partial charge is 0.492 e. The van der Waals surface area contributed by atoms with E-state index in [1.165, 1.54) is 11.0 Å². The van der Waals surface area contributed by atoms with Crippen LogP contribution in [0, 0.1) is 0 Å². The number of benzene rings is 1. The average molecular weight is 476 g/mol. The lowest BCUT2D eigenvalue weighted by molar-refractivity contribution is -0.144. The molecule has 180 valence electrons. The van der Waals surface area contributed by atoms with Gasteiger partial charge in [0.15, 0.2) is 6.04 Å². The van der Waals surface area contributed by atoms with E-state index in [2.05, 4.69) is 5.32 Å². The number of carbonyl (C=O) groups is 2. The van der Waals surface area contributed by atoms with E-state index in [0.717, 1.165) is 12.1 Å². The maximum absolute atomic E-state index is 15.1. The van der Waals surface area contributed by atoms with Gasteiger partial charge in [0.2, 0.25) is 5.91 Å². The van der Waals surface area contributed by atoms with Crippen molar-refractivity contribution in [2.75, 3.05) is 19.7 Å². The van der Waals surface area contributed by atoms with Crippen LogP contribution in [-0.2, 0) is 15.5 Å². The number of alkyl halides is 2. The Morgan fingerprint density at radius 3 is 2.47 bits per heavy atom. The van der Waals surface area contributed by atoms with E-state index < -0.39 is 35.1 Å². The Morgan fingerprint density at radius 1 is 1.28 bits per heavy atom. The van der Waals surface area contributed by atoms with Crippen LogP contribution in [0.1, 0.15) is 52.5 Å². The zero-order chi connectivity index (χ0) is 24.1. The van der Waals surface area contributed by atoms with Gasteiger partial charge in [0.1, 0.15) is 11.4 Å². The molecule has 10 heteroatoms. The number of piperidine rings is 1. The first kappa shape index (κ1) is 26.1. The van der Waals surface area contributed by atoms with Crippen LogP contribution in [0.25, 0.3) is 0 Å². The molecule has 32 heavy (non-hydrogen) atoms. The van der Waals surface area contributed by atoms with Crippen LogP contribution < -0.4 is 15.8 Å². The first-order chi connectivity index (χ1) is 14.8. The van der Waals surface area contributed by atoms with E-state index in [9.17, 15) is 9.59 Å². The molecule has 1 fully saturated rings. The van der Waals surface area contributed by atoms with Crippen LogP contribution in [0.3, 0.4) is 0 Å². The minimum absolute atomic E-state index is 0.124. The Bertz CT molecular complexity index is 809. The van der Waals surface area contributed by atoms with E-state index in [4.69, 9.17) is 26.8 Å². The summed E-state index contributed by atoms with van der Waals surface area (Å²) in [4.78, 5) is 25.9. The van der Waals surface area contributed by atoms with Crippen molar-refractivity contribution in [3.63, 3.8) is 0 Å². The highest BCUT2D eigenvalue weighted by atomic mass is 35.5. The molecule has 1 aliphatic heterocycles. The van der Waals surface area contributed by atoms with Crippen molar-refractivity contribution < 1.29 is 27.8 Å². The molecular weight excluding hydrogens is 444 g/mol. The number of nitrogens with two attached hydrogens (primary N) is 1. The van der Waals surface area contributed by atoms with Gasteiger partial charge in [-0.2, -0.15) is 8.78 Å². The topological polar surface area (TPSA) is 93.9 Å². The number of nitrogens with one attached hydrogen (secondary N) is 1. The van der Waals surface area contributed by atoms with Crippen LogP contribution in [0.5, 0.6) is 5.75 Å². The lowest BCUT2D eigenvalue weighted by Gasteiger charge is -2.35. The van der Waals surface area contributed by atoms with Gasteiger partial charge in [-0.1, -0.05) is 24.6 Å². The molecule has 0 spiro atoms. The highest BCUT2D eigenvalue weighted by Gasteiger charge is 2.46. The number of carbonyl (C=O) groups excluding carboxylic acids is 2. The SMILES string of the molecule is CCCOc1cc(C(F)(F)C(N)C(=O)N2CCC(NC(=O)OC(C)(C)C)CC2)ccc1Cl. The second-order valence-electron chi connectivity index (χ2n) is 8.84. The summed E-state index contributed by atoms with van der Waals surface area (Å²) >= 11 is 6.02. The molecule has 0 saturated carbocycles. The van der Waals surface area contributed by atoms with Crippen molar-refractivity contribution in [3.8, 4) is 5.75 Å². The van der Waals surface area contributed by atoms with E-state index in [0.29, 0.717) is 25.9 Å². The lowest BCUT2D eigenvalue weighted by atomic mass is 9.98. The van der Waals surface area contributed by atoms with Crippen molar-refractivity contribution in [1.29, 1.82) is 0 Å². The van der Waals surface area contributed by atoms with E-state index >= 15 is 8.78 Å². The number of likely N-dealkylation sites (tertiary alicyclic amines) is 1. The fourth-order valence-corrected chi connectivity index (χ4v) is 3.46. The third-order valence-corrected chi connectivity index (χ3v) is 5.27. The second kappa shape index (κ2) is 10.7. The van der Waals surface area contributed by atoms with Gasteiger partial charge in [0.05, 0.1) is 11.6 Å². The van der Waals surface area contributed by atoms with Gasteiger partial charge in [-0.3, -0.25) is 4.79 Å². The Hall–Kier alpha value is -2.13. The maximum Gasteiger partial charge on any atom is 0.407 e.